The normalized spacial score (nSPS) is 20.2. The van der Waals surface area contributed by atoms with E-state index in [1.807, 2.05) is 0 Å². The van der Waals surface area contributed by atoms with Crippen LogP contribution in [0.1, 0.15) is 290 Å². The number of carbonyl (C=O) groups excluding carboxylic acids is 1. The van der Waals surface area contributed by atoms with Gasteiger partial charge in [0.25, 0.3) is 0 Å². The molecule has 72 heavy (non-hydrogen) atoms. The number of hydrogen-bond donors (Lipinski definition) is 8. The number of nitrogens with one attached hydrogen (secondary N) is 1. The second-order valence-corrected chi connectivity index (χ2v) is 21.8. The lowest BCUT2D eigenvalue weighted by Gasteiger charge is -2.40. The minimum Gasteiger partial charge on any atom is -0.394 e. The van der Waals surface area contributed by atoms with Crippen molar-refractivity contribution in [1.82, 2.24) is 5.32 Å². The van der Waals surface area contributed by atoms with Crippen LogP contribution < -0.4 is 5.32 Å². The average Bonchev–Trinajstić information content (AvgIpc) is 3.38. The first kappa shape index (κ1) is 68.6. The predicted molar refractivity (Wildman–Crippen MR) is 298 cm³/mol. The van der Waals surface area contributed by atoms with Crippen LogP contribution in [0.25, 0.3) is 0 Å². The molecule has 0 aromatic rings. The summed E-state index contributed by atoms with van der Waals surface area (Å²) in [6.07, 6.45) is 50.0. The summed E-state index contributed by atoms with van der Waals surface area (Å²) in [4.78, 5) is 13.1. The number of rotatable bonds is 53. The molecule has 1 aliphatic heterocycles. The number of amides is 1. The van der Waals surface area contributed by atoms with Gasteiger partial charge in [0.1, 0.15) is 36.6 Å². The predicted octanol–water partition coefficient (Wildman–Crippen LogP) is 13.3. The maximum absolute atomic E-state index is 13.1. The van der Waals surface area contributed by atoms with E-state index in [9.17, 15) is 40.5 Å². The third-order valence-corrected chi connectivity index (χ3v) is 15.0. The number of ether oxygens (including phenoxy) is 2. The SMILES string of the molecule is CCCCCCCC/C=C/CCCC(O)C(O)C(COC1OC(CO)C(O)C(O)C1O)NC(=O)C(O)CCCCCCCCCCCCCCCCCC/C=C\CCCCCCCCCCCCCCCC. The zero-order valence-corrected chi connectivity index (χ0v) is 46.7. The number of aliphatic hydroxyl groups excluding tert-OH is 7. The number of aliphatic hydroxyl groups is 7. The zero-order chi connectivity index (χ0) is 52.5. The summed E-state index contributed by atoms with van der Waals surface area (Å²) in [7, 11) is 0. The molecule has 1 fully saturated rings. The number of allylic oxidation sites excluding steroid dienone is 4. The minimum absolute atomic E-state index is 0.257. The molecule has 11 nitrogen and oxygen atoms in total. The van der Waals surface area contributed by atoms with E-state index >= 15 is 0 Å². The second-order valence-electron chi connectivity index (χ2n) is 21.8. The van der Waals surface area contributed by atoms with Gasteiger partial charge in [-0.3, -0.25) is 4.79 Å². The smallest absolute Gasteiger partial charge is 0.249 e. The average molecular weight is 1020 g/mol. The first-order chi connectivity index (χ1) is 35.2. The standard InChI is InChI=1S/C61H117NO10/c1-3-5-7-9-11-13-15-16-17-18-19-20-21-22-23-24-25-26-27-28-29-30-31-32-33-34-35-36-37-39-41-43-45-47-49-54(65)60(70)62-52(51-71-61-59(69)58(68)57(67)55(50-63)72-61)56(66)53(64)48-46-44-42-40-38-14-12-10-8-6-4-2/h24-25,40,42,52-59,61,63-69H,3-23,26-39,41,43-51H2,1-2H3,(H,62,70)/b25-24-,42-40+. The molecule has 1 aliphatic rings. The fourth-order valence-electron chi connectivity index (χ4n) is 9.97. The van der Waals surface area contributed by atoms with Crippen molar-refractivity contribution in [3.8, 4) is 0 Å². The Bertz CT molecular complexity index is 1220. The Balaban J connectivity index is 2.14. The number of unbranched alkanes of at least 4 members (excludes halogenated alkanes) is 37. The van der Waals surface area contributed by atoms with E-state index in [0.29, 0.717) is 12.8 Å². The van der Waals surface area contributed by atoms with Crippen LogP contribution in [-0.2, 0) is 14.3 Å². The summed E-state index contributed by atoms with van der Waals surface area (Å²) in [6.45, 7) is 3.44. The molecule has 0 aliphatic carbocycles. The van der Waals surface area contributed by atoms with Crippen molar-refractivity contribution < 1.29 is 50.0 Å². The fourth-order valence-corrected chi connectivity index (χ4v) is 9.97. The maximum Gasteiger partial charge on any atom is 0.249 e. The Kier molecular flexibility index (Phi) is 48.0. The monoisotopic (exact) mass is 1020 g/mol. The van der Waals surface area contributed by atoms with E-state index in [1.54, 1.807) is 0 Å². The summed E-state index contributed by atoms with van der Waals surface area (Å²) in [6, 6.07) is -1.18. The Labute approximate surface area is 442 Å². The molecule has 0 bridgehead atoms. The molecule has 11 heteroatoms. The Morgan fingerprint density at radius 2 is 0.819 bits per heavy atom. The van der Waals surface area contributed by atoms with Crippen LogP contribution in [0.3, 0.4) is 0 Å². The van der Waals surface area contributed by atoms with E-state index in [2.05, 4.69) is 43.5 Å². The number of carbonyl (C=O) groups is 1. The Morgan fingerprint density at radius 1 is 0.472 bits per heavy atom. The van der Waals surface area contributed by atoms with Crippen molar-refractivity contribution in [2.24, 2.45) is 0 Å². The fraction of sp³-hybridized carbons (Fsp3) is 0.918. The van der Waals surface area contributed by atoms with Crippen LogP contribution in [0, 0.1) is 0 Å². The van der Waals surface area contributed by atoms with Crippen LogP contribution in [-0.4, -0.2) is 110 Å². The van der Waals surface area contributed by atoms with Crippen LogP contribution in [0.5, 0.6) is 0 Å². The molecule has 0 aromatic heterocycles. The highest BCUT2D eigenvalue weighted by Gasteiger charge is 2.44. The summed E-state index contributed by atoms with van der Waals surface area (Å²) in [5, 5.41) is 75.9. The van der Waals surface area contributed by atoms with Crippen molar-refractivity contribution in [2.45, 2.75) is 345 Å². The van der Waals surface area contributed by atoms with E-state index < -0.39 is 74.2 Å². The number of hydrogen-bond acceptors (Lipinski definition) is 10. The second kappa shape index (κ2) is 50.4. The van der Waals surface area contributed by atoms with E-state index in [4.69, 9.17) is 9.47 Å². The van der Waals surface area contributed by atoms with Gasteiger partial charge in [-0.1, -0.05) is 250 Å². The van der Waals surface area contributed by atoms with Crippen molar-refractivity contribution >= 4 is 5.91 Å². The molecule has 8 N–H and O–H groups in total. The first-order valence-electron chi connectivity index (χ1n) is 30.7. The molecule has 0 spiro atoms. The first-order valence-corrected chi connectivity index (χ1v) is 30.7. The molecule has 9 atom stereocenters. The Morgan fingerprint density at radius 3 is 1.19 bits per heavy atom. The Hall–Kier alpha value is -1.41. The van der Waals surface area contributed by atoms with Gasteiger partial charge < -0.3 is 50.5 Å². The highest BCUT2D eigenvalue weighted by atomic mass is 16.7. The van der Waals surface area contributed by atoms with Crippen molar-refractivity contribution in [1.29, 1.82) is 0 Å². The molecule has 1 heterocycles. The largest absolute Gasteiger partial charge is 0.394 e. The van der Waals surface area contributed by atoms with Gasteiger partial charge in [0, 0.05) is 0 Å². The van der Waals surface area contributed by atoms with Crippen molar-refractivity contribution in [3.63, 3.8) is 0 Å². The van der Waals surface area contributed by atoms with Gasteiger partial charge in [-0.25, -0.2) is 0 Å². The topological polar surface area (TPSA) is 189 Å². The zero-order valence-electron chi connectivity index (χ0n) is 46.7. The van der Waals surface area contributed by atoms with E-state index in [-0.39, 0.29) is 12.8 Å². The van der Waals surface area contributed by atoms with E-state index in [1.165, 1.54) is 212 Å². The molecule has 0 radical (unpaired) electrons. The van der Waals surface area contributed by atoms with Crippen LogP contribution in [0.15, 0.2) is 24.3 Å². The summed E-state index contributed by atoms with van der Waals surface area (Å²) >= 11 is 0. The third kappa shape index (κ3) is 38.2. The van der Waals surface area contributed by atoms with Gasteiger partial charge in [0.15, 0.2) is 6.29 Å². The van der Waals surface area contributed by atoms with E-state index in [0.717, 1.165) is 38.5 Å². The molecule has 1 saturated heterocycles. The quantitative estimate of drug-likeness (QED) is 0.0215. The maximum atomic E-state index is 13.1. The van der Waals surface area contributed by atoms with Gasteiger partial charge in [0.05, 0.1) is 25.4 Å². The lowest BCUT2D eigenvalue weighted by Crippen LogP contribution is -2.60. The molecule has 0 saturated carbocycles. The van der Waals surface area contributed by atoms with Crippen LogP contribution in [0.2, 0.25) is 0 Å². The van der Waals surface area contributed by atoms with Gasteiger partial charge in [0.2, 0.25) is 5.91 Å². The molecular formula is C61H117NO10. The van der Waals surface area contributed by atoms with Gasteiger partial charge >= 0.3 is 0 Å². The molecular weight excluding hydrogens is 907 g/mol. The molecule has 1 rings (SSSR count). The molecule has 1 amide bonds. The summed E-state index contributed by atoms with van der Waals surface area (Å²) in [5.41, 5.74) is 0. The highest BCUT2D eigenvalue weighted by Crippen LogP contribution is 2.23. The van der Waals surface area contributed by atoms with Crippen molar-refractivity contribution in [2.75, 3.05) is 13.2 Å². The van der Waals surface area contributed by atoms with Crippen LogP contribution >= 0.6 is 0 Å². The minimum atomic E-state index is -1.67. The van der Waals surface area contributed by atoms with Gasteiger partial charge in [-0.15, -0.1) is 0 Å². The summed E-state index contributed by atoms with van der Waals surface area (Å²) in [5.74, 6) is -0.704. The lowest BCUT2D eigenvalue weighted by atomic mass is 9.98. The molecule has 9 unspecified atom stereocenters. The van der Waals surface area contributed by atoms with Crippen LogP contribution in [0.4, 0.5) is 0 Å². The summed E-state index contributed by atoms with van der Waals surface area (Å²) < 4.78 is 11.1. The lowest BCUT2D eigenvalue weighted by molar-refractivity contribution is -0.303. The van der Waals surface area contributed by atoms with Crippen molar-refractivity contribution in [3.05, 3.63) is 24.3 Å². The van der Waals surface area contributed by atoms with Gasteiger partial charge in [-0.2, -0.15) is 0 Å². The molecule has 426 valence electrons. The van der Waals surface area contributed by atoms with Gasteiger partial charge in [-0.05, 0) is 64.2 Å². The third-order valence-electron chi connectivity index (χ3n) is 15.0. The highest BCUT2D eigenvalue weighted by molar-refractivity contribution is 5.80. The molecule has 0 aromatic carbocycles.